The molecule has 6 heteroatoms. The van der Waals surface area contributed by atoms with Crippen LogP contribution in [0.1, 0.15) is 29.4 Å². The molecule has 0 saturated heterocycles. The number of benzene rings is 1. The summed E-state index contributed by atoms with van der Waals surface area (Å²) in [6, 6.07) is 5.80. The number of aryl methyl sites for hydroxylation is 2. The van der Waals surface area contributed by atoms with Crippen LogP contribution in [0.5, 0.6) is 0 Å². The van der Waals surface area contributed by atoms with Crippen LogP contribution in [-0.4, -0.2) is 27.8 Å². The lowest BCUT2D eigenvalue weighted by molar-refractivity contribution is -0.139. The first-order valence-electron chi connectivity index (χ1n) is 6.37. The van der Waals surface area contributed by atoms with Gasteiger partial charge in [0, 0.05) is 5.56 Å². The summed E-state index contributed by atoms with van der Waals surface area (Å²) in [4.78, 5) is 15.3. The molecule has 0 spiro atoms. The van der Waals surface area contributed by atoms with Crippen molar-refractivity contribution < 1.29 is 14.4 Å². The van der Waals surface area contributed by atoms with E-state index in [-0.39, 0.29) is 18.9 Å². The van der Waals surface area contributed by atoms with E-state index in [0.29, 0.717) is 5.82 Å². The van der Waals surface area contributed by atoms with Gasteiger partial charge in [0.15, 0.2) is 0 Å². The zero-order chi connectivity index (χ0) is 14.7. The first-order chi connectivity index (χ1) is 9.52. The van der Waals surface area contributed by atoms with Crippen LogP contribution < -0.4 is 5.73 Å². The standard InChI is InChI=1S/C14H17N3O3/c1-8-3-4-10(7-9(8)2)12-16-13(20-17-12)11(5-6-15)14(18)19/h3-4,7,11H,5-6,15H2,1-2H3,(H,18,19). The molecule has 1 aromatic carbocycles. The molecule has 20 heavy (non-hydrogen) atoms. The van der Waals surface area contributed by atoms with Crippen molar-refractivity contribution >= 4 is 5.97 Å². The summed E-state index contributed by atoms with van der Waals surface area (Å²) >= 11 is 0. The number of carboxylic acids is 1. The van der Waals surface area contributed by atoms with Crippen molar-refractivity contribution in [1.29, 1.82) is 0 Å². The van der Waals surface area contributed by atoms with Crippen LogP contribution in [0.15, 0.2) is 22.7 Å². The summed E-state index contributed by atoms with van der Waals surface area (Å²) in [5.74, 6) is -1.37. The minimum atomic E-state index is -1.01. The molecule has 1 atom stereocenters. The van der Waals surface area contributed by atoms with Crippen LogP contribution in [0.2, 0.25) is 0 Å². The Hall–Kier alpha value is -2.21. The maximum Gasteiger partial charge on any atom is 0.316 e. The number of hydrogen-bond acceptors (Lipinski definition) is 5. The fourth-order valence-corrected chi connectivity index (χ4v) is 1.89. The van der Waals surface area contributed by atoms with E-state index in [2.05, 4.69) is 10.1 Å². The van der Waals surface area contributed by atoms with Crippen molar-refractivity contribution in [3.8, 4) is 11.4 Å². The van der Waals surface area contributed by atoms with E-state index in [1.165, 1.54) is 5.56 Å². The molecule has 0 aliphatic rings. The van der Waals surface area contributed by atoms with Gasteiger partial charge in [-0.3, -0.25) is 4.79 Å². The van der Waals surface area contributed by atoms with Crippen LogP contribution in [0.4, 0.5) is 0 Å². The predicted octanol–water partition coefficient (Wildman–Crippen LogP) is 1.87. The van der Waals surface area contributed by atoms with Crippen molar-refractivity contribution in [3.05, 3.63) is 35.2 Å². The number of hydrogen-bond donors (Lipinski definition) is 2. The van der Waals surface area contributed by atoms with Crippen LogP contribution >= 0.6 is 0 Å². The normalized spacial score (nSPS) is 12.3. The van der Waals surface area contributed by atoms with Gasteiger partial charge in [0.2, 0.25) is 11.7 Å². The highest BCUT2D eigenvalue weighted by Gasteiger charge is 2.25. The number of carbonyl (C=O) groups is 1. The smallest absolute Gasteiger partial charge is 0.316 e. The largest absolute Gasteiger partial charge is 0.481 e. The SMILES string of the molecule is Cc1ccc(-c2noc(C(CCN)C(=O)O)n2)cc1C. The highest BCUT2D eigenvalue weighted by atomic mass is 16.5. The Morgan fingerprint density at radius 2 is 2.15 bits per heavy atom. The van der Waals surface area contributed by atoms with Crippen molar-refractivity contribution in [2.24, 2.45) is 5.73 Å². The molecule has 0 aliphatic heterocycles. The lowest BCUT2D eigenvalue weighted by Gasteiger charge is -2.04. The molecule has 1 aromatic heterocycles. The van der Waals surface area contributed by atoms with E-state index in [1.54, 1.807) is 0 Å². The maximum atomic E-state index is 11.2. The van der Waals surface area contributed by atoms with E-state index in [9.17, 15) is 4.79 Å². The number of aromatic nitrogens is 2. The zero-order valence-electron chi connectivity index (χ0n) is 11.5. The number of rotatable bonds is 5. The second kappa shape index (κ2) is 5.83. The van der Waals surface area contributed by atoms with Gasteiger partial charge in [-0.15, -0.1) is 0 Å². The van der Waals surface area contributed by atoms with Gasteiger partial charge in [0.05, 0.1) is 0 Å². The fraction of sp³-hybridized carbons (Fsp3) is 0.357. The van der Waals surface area contributed by atoms with Crippen LogP contribution in [0.25, 0.3) is 11.4 Å². The first-order valence-corrected chi connectivity index (χ1v) is 6.37. The fourth-order valence-electron chi connectivity index (χ4n) is 1.89. The van der Waals surface area contributed by atoms with Gasteiger partial charge in [-0.05, 0) is 44.0 Å². The van der Waals surface area contributed by atoms with Gasteiger partial charge in [0.25, 0.3) is 0 Å². The highest BCUT2D eigenvalue weighted by Crippen LogP contribution is 2.23. The van der Waals surface area contributed by atoms with Gasteiger partial charge in [0.1, 0.15) is 5.92 Å². The molecule has 2 rings (SSSR count). The molecule has 0 fully saturated rings. The monoisotopic (exact) mass is 275 g/mol. The van der Waals surface area contributed by atoms with Crippen LogP contribution in [-0.2, 0) is 4.79 Å². The molecule has 3 N–H and O–H groups in total. The van der Waals surface area contributed by atoms with Crippen LogP contribution in [0, 0.1) is 13.8 Å². The third kappa shape index (κ3) is 2.85. The number of nitrogens with zero attached hydrogens (tertiary/aromatic N) is 2. The van der Waals surface area contributed by atoms with E-state index in [1.807, 2.05) is 32.0 Å². The van der Waals surface area contributed by atoms with Gasteiger partial charge in [-0.2, -0.15) is 4.98 Å². The summed E-state index contributed by atoms with van der Waals surface area (Å²) in [5.41, 5.74) is 8.50. The Morgan fingerprint density at radius 3 is 2.75 bits per heavy atom. The van der Waals surface area contributed by atoms with Crippen molar-refractivity contribution in [1.82, 2.24) is 10.1 Å². The Labute approximate surface area is 116 Å². The molecule has 0 bridgehead atoms. The number of aliphatic carboxylic acids is 1. The quantitative estimate of drug-likeness (QED) is 0.863. The summed E-state index contributed by atoms with van der Waals surface area (Å²) < 4.78 is 5.07. The van der Waals surface area contributed by atoms with Crippen molar-refractivity contribution in [2.75, 3.05) is 6.54 Å². The Balaban J connectivity index is 2.32. The topological polar surface area (TPSA) is 102 Å². The average Bonchev–Trinajstić information content (AvgIpc) is 2.88. The highest BCUT2D eigenvalue weighted by molar-refractivity contribution is 5.74. The molecule has 106 valence electrons. The Kier molecular flexibility index (Phi) is 4.14. The molecule has 1 unspecified atom stereocenters. The third-order valence-corrected chi connectivity index (χ3v) is 3.26. The molecule has 0 saturated carbocycles. The Morgan fingerprint density at radius 1 is 1.40 bits per heavy atom. The van der Waals surface area contributed by atoms with E-state index in [0.717, 1.165) is 11.1 Å². The second-order valence-corrected chi connectivity index (χ2v) is 4.72. The first kappa shape index (κ1) is 14.2. The summed E-state index contributed by atoms with van der Waals surface area (Å²) in [7, 11) is 0. The van der Waals surface area contributed by atoms with Crippen LogP contribution in [0.3, 0.4) is 0 Å². The molecule has 2 aromatic rings. The molecule has 0 radical (unpaired) electrons. The molecular weight excluding hydrogens is 258 g/mol. The minimum absolute atomic E-state index is 0.0937. The van der Waals surface area contributed by atoms with E-state index >= 15 is 0 Å². The van der Waals surface area contributed by atoms with Gasteiger partial charge < -0.3 is 15.4 Å². The molecule has 0 aliphatic carbocycles. The van der Waals surface area contributed by atoms with Crippen molar-refractivity contribution in [2.45, 2.75) is 26.2 Å². The minimum Gasteiger partial charge on any atom is -0.481 e. The van der Waals surface area contributed by atoms with Crippen molar-refractivity contribution in [3.63, 3.8) is 0 Å². The second-order valence-electron chi connectivity index (χ2n) is 4.72. The average molecular weight is 275 g/mol. The van der Waals surface area contributed by atoms with E-state index < -0.39 is 11.9 Å². The molecular formula is C14H17N3O3. The predicted molar refractivity (Wildman–Crippen MR) is 73.3 cm³/mol. The molecule has 1 heterocycles. The van der Waals surface area contributed by atoms with Gasteiger partial charge in [-0.1, -0.05) is 17.3 Å². The zero-order valence-corrected chi connectivity index (χ0v) is 11.5. The lowest BCUT2D eigenvalue weighted by Crippen LogP contribution is -2.16. The van der Waals surface area contributed by atoms with E-state index in [4.69, 9.17) is 15.4 Å². The van der Waals surface area contributed by atoms with Gasteiger partial charge in [-0.25, -0.2) is 0 Å². The number of nitrogens with two attached hydrogens (primary N) is 1. The summed E-state index contributed by atoms with van der Waals surface area (Å²) in [6.07, 6.45) is 0.268. The number of carboxylic acid groups (broad SMARTS) is 1. The third-order valence-electron chi connectivity index (χ3n) is 3.26. The summed E-state index contributed by atoms with van der Waals surface area (Å²) in [5, 5.41) is 13.0. The lowest BCUT2D eigenvalue weighted by atomic mass is 10.1. The van der Waals surface area contributed by atoms with Gasteiger partial charge >= 0.3 is 5.97 Å². The molecule has 6 nitrogen and oxygen atoms in total. The molecule has 0 amide bonds. The Bertz CT molecular complexity index is 622. The maximum absolute atomic E-state index is 11.2. The summed E-state index contributed by atoms with van der Waals surface area (Å²) in [6.45, 7) is 4.26.